The van der Waals surface area contributed by atoms with Gasteiger partial charge in [-0.15, -0.1) is 0 Å². The molecule has 2 aliphatic heterocycles. The molecule has 0 radical (unpaired) electrons. The Hall–Kier alpha value is -0.910. The number of piperidine rings is 1. The third kappa shape index (κ3) is 3.05. The van der Waals surface area contributed by atoms with E-state index in [1.54, 1.807) is 0 Å². The molecule has 1 aromatic heterocycles. The lowest BCUT2D eigenvalue weighted by atomic mass is 10.0. The van der Waals surface area contributed by atoms with E-state index in [0.717, 1.165) is 50.3 Å². The quantitative estimate of drug-likeness (QED) is 0.840. The summed E-state index contributed by atoms with van der Waals surface area (Å²) in [6.07, 6.45) is 2.53. The number of morpholine rings is 1. The van der Waals surface area contributed by atoms with Gasteiger partial charge >= 0.3 is 0 Å². The molecule has 0 atom stereocenters. The minimum atomic E-state index is 0.750. The van der Waals surface area contributed by atoms with Crippen molar-refractivity contribution in [2.45, 2.75) is 39.3 Å². The number of aromatic nitrogens is 1. The van der Waals surface area contributed by atoms with Crippen LogP contribution >= 0.6 is 0 Å². The normalized spacial score (nSPS) is 23.3. The highest BCUT2D eigenvalue weighted by atomic mass is 16.5. The number of likely N-dealkylation sites (tertiary alicyclic amines) is 1. The van der Waals surface area contributed by atoms with E-state index in [4.69, 9.17) is 9.26 Å². The molecule has 0 amide bonds. The van der Waals surface area contributed by atoms with Gasteiger partial charge in [-0.05, 0) is 39.8 Å². The average Bonchev–Trinajstić information content (AvgIpc) is 2.81. The van der Waals surface area contributed by atoms with Crippen molar-refractivity contribution in [3.63, 3.8) is 0 Å². The molecular formula is C15H25N3O2. The summed E-state index contributed by atoms with van der Waals surface area (Å²) < 4.78 is 10.7. The fraction of sp³-hybridized carbons (Fsp3) is 0.800. The molecule has 5 nitrogen and oxygen atoms in total. The van der Waals surface area contributed by atoms with Crippen molar-refractivity contribution in [2.75, 3.05) is 39.4 Å². The van der Waals surface area contributed by atoms with E-state index in [1.165, 1.54) is 31.5 Å². The standard InChI is InChI=1S/C15H25N3O2/c1-12-15(13(2)20-16-12)11-17-5-3-14(4-6-17)18-7-9-19-10-8-18/h14H,3-11H2,1-2H3. The molecule has 0 saturated carbocycles. The number of nitrogens with zero attached hydrogens (tertiary/aromatic N) is 3. The van der Waals surface area contributed by atoms with Crippen LogP contribution in [0.15, 0.2) is 4.52 Å². The van der Waals surface area contributed by atoms with E-state index in [9.17, 15) is 0 Å². The summed E-state index contributed by atoms with van der Waals surface area (Å²) in [6.45, 7) is 11.4. The van der Waals surface area contributed by atoms with Gasteiger partial charge in [-0.2, -0.15) is 0 Å². The minimum absolute atomic E-state index is 0.750. The second kappa shape index (κ2) is 6.24. The first-order chi connectivity index (χ1) is 9.74. The minimum Gasteiger partial charge on any atom is -0.379 e. The summed E-state index contributed by atoms with van der Waals surface area (Å²) in [7, 11) is 0. The number of rotatable bonds is 3. The van der Waals surface area contributed by atoms with Crippen molar-refractivity contribution in [1.82, 2.24) is 15.0 Å². The molecule has 3 heterocycles. The van der Waals surface area contributed by atoms with Gasteiger partial charge in [0.25, 0.3) is 0 Å². The van der Waals surface area contributed by atoms with Gasteiger partial charge in [0.05, 0.1) is 18.9 Å². The van der Waals surface area contributed by atoms with Crippen molar-refractivity contribution in [1.29, 1.82) is 0 Å². The first kappa shape index (κ1) is 14.0. The lowest BCUT2D eigenvalue weighted by Crippen LogP contribution is -2.48. The third-order valence-corrected chi connectivity index (χ3v) is 4.68. The van der Waals surface area contributed by atoms with Crippen LogP contribution < -0.4 is 0 Å². The topological polar surface area (TPSA) is 41.7 Å². The van der Waals surface area contributed by atoms with Crippen LogP contribution in [0, 0.1) is 13.8 Å². The largest absolute Gasteiger partial charge is 0.379 e. The number of hydrogen-bond acceptors (Lipinski definition) is 5. The van der Waals surface area contributed by atoms with Gasteiger partial charge < -0.3 is 9.26 Å². The molecule has 112 valence electrons. The van der Waals surface area contributed by atoms with Gasteiger partial charge in [-0.1, -0.05) is 5.16 Å². The van der Waals surface area contributed by atoms with Gasteiger partial charge in [-0.3, -0.25) is 9.80 Å². The summed E-state index contributed by atoms with van der Waals surface area (Å²) in [5.74, 6) is 0.970. The molecule has 2 saturated heterocycles. The molecule has 0 aromatic carbocycles. The maximum absolute atomic E-state index is 5.44. The number of hydrogen-bond donors (Lipinski definition) is 0. The van der Waals surface area contributed by atoms with E-state index in [2.05, 4.69) is 15.0 Å². The zero-order valence-electron chi connectivity index (χ0n) is 12.6. The summed E-state index contributed by atoms with van der Waals surface area (Å²) in [5, 5.41) is 4.05. The zero-order valence-corrected chi connectivity index (χ0v) is 12.6. The van der Waals surface area contributed by atoms with Crippen LogP contribution in [0.3, 0.4) is 0 Å². The predicted octanol–water partition coefficient (Wildman–Crippen LogP) is 1.59. The Balaban J connectivity index is 1.51. The smallest absolute Gasteiger partial charge is 0.138 e. The Labute approximate surface area is 120 Å². The number of ether oxygens (including phenoxy) is 1. The molecule has 2 fully saturated rings. The van der Waals surface area contributed by atoms with Gasteiger partial charge in [0, 0.05) is 31.2 Å². The highest BCUT2D eigenvalue weighted by molar-refractivity contribution is 5.20. The summed E-state index contributed by atoms with van der Waals surface area (Å²) in [5.41, 5.74) is 2.31. The Kier molecular flexibility index (Phi) is 4.38. The van der Waals surface area contributed by atoms with Gasteiger partial charge in [0.2, 0.25) is 0 Å². The van der Waals surface area contributed by atoms with E-state index < -0.39 is 0 Å². The molecule has 3 rings (SSSR count). The molecule has 20 heavy (non-hydrogen) atoms. The summed E-state index contributed by atoms with van der Waals surface area (Å²) >= 11 is 0. The maximum atomic E-state index is 5.44. The van der Waals surface area contributed by atoms with Gasteiger partial charge in [0.1, 0.15) is 5.76 Å². The average molecular weight is 279 g/mol. The molecular weight excluding hydrogens is 254 g/mol. The van der Waals surface area contributed by atoms with Crippen LogP contribution in [0.25, 0.3) is 0 Å². The Bertz CT molecular complexity index is 413. The van der Waals surface area contributed by atoms with Crippen LogP contribution in [0.4, 0.5) is 0 Å². The van der Waals surface area contributed by atoms with E-state index in [-0.39, 0.29) is 0 Å². The Morgan fingerprint density at radius 1 is 1.10 bits per heavy atom. The van der Waals surface area contributed by atoms with E-state index >= 15 is 0 Å². The van der Waals surface area contributed by atoms with Crippen molar-refractivity contribution in [2.24, 2.45) is 0 Å². The van der Waals surface area contributed by atoms with Gasteiger partial charge in [-0.25, -0.2) is 0 Å². The van der Waals surface area contributed by atoms with Crippen molar-refractivity contribution in [3.8, 4) is 0 Å². The van der Waals surface area contributed by atoms with Gasteiger partial charge in [0.15, 0.2) is 0 Å². The second-order valence-corrected chi connectivity index (χ2v) is 5.96. The molecule has 0 aliphatic carbocycles. The molecule has 5 heteroatoms. The van der Waals surface area contributed by atoms with Crippen LogP contribution in [0.5, 0.6) is 0 Å². The van der Waals surface area contributed by atoms with Crippen LogP contribution in [0.2, 0.25) is 0 Å². The van der Waals surface area contributed by atoms with Crippen molar-refractivity contribution >= 4 is 0 Å². The SMILES string of the molecule is Cc1noc(C)c1CN1CCC(N2CCOCC2)CC1. The molecule has 1 aromatic rings. The first-order valence-corrected chi connectivity index (χ1v) is 7.70. The summed E-state index contributed by atoms with van der Waals surface area (Å²) in [6, 6.07) is 0.750. The Morgan fingerprint density at radius 3 is 2.40 bits per heavy atom. The van der Waals surface area contributed by atoms with E-state index in [0.29, 0.717) is 0 Å². The fourth-order valence-electron chi connectivity index (χ4n) is 3.34. The predicted molar refractivity (Wildman–Crippen MR) is 76.7 cm³/mol. The maximum Gasteiger partial charge on any atom is 0.138 e. The molecule has 2 aliphatic rings. The van der Waals surface area contributed by atoms with Crippen LogP contribution in [0.1, 0.15) is 29.9 Å². The molecule has 0 unspecified atom stereocenters. The summed E-state index contributed by atoms with van der Waals surface area (Å²) in [4.78, 5) is 5.14. The fourth-order valence-corrected chi connectivity index (χ4v) is 3.34. The van der Waals surface area contributed by atoms with E-state index in [1.807, 2.05) is 13.8 Å². The van der Waals surface area contributed by atoms with Crippen LogP contribution in [-0.4, -0.2) is 60.4 Å². The Morgan fingerprint density at radius 2 is 1.80 bits per heavy atom. The molecule has 0 spiro atoms. The third-order valence-electron chi connectivity index (χ3n) is 4.68. The lowest BCUT2D eigenvalue weighted by Gasteiger charge is -2.40. The lowest BCUT2D eigenvalue weighted by molar-refractivity contribution is 0.000187. The highest BCUT2D eigenvalue weighted by Crippen LogP contribution is 2.21. The highest BCUT2D eigenvalue weighted by Gasteiger charge is 2.26. The molecule has 0 N–H and O–H groups in total. The van der Waals surface area contributed by atoms with Crippen molar-refractivity contribution < 1.29 is 9.26 Å². The zero-order chi connectivity index (χ0) is 13.9. The van der Waals surface area contributed by atoms with Crippen molar-refractivity contribution in [3.05, 3.63) is 17.0 Å². The van der Waals surface area contributed by atoms with Crippen LogP contribution in [-0.2, 0) is 11.3 Å². The molecule has 0 bridgehead atoms. The second-order valence-electron chi connectivity index (χ2n) is 5.96. The first-order valence-electron chi connectivity index (χ1n) is 7.70. The number of aryl methyl sites for hydroxylation is 2. The monoisotopic (exact) mass is 279 g/mol.